The molecule has 0 aromatic carbocycles. The maximum Gasteiger partial charge on any atom is 0.434 e. The number of alkyl halides is 3. The van der Waals surface area contributed by atoms with Gasteiger partial charge in [-0.3, -0.25) is 14.8 Å². The number of aromatic nitrogens is 2. The van der Waals surface area contributed by atoms with Gasteiger partial charge in [-0.2, -0.15) is 13.2 Å². The fourth-order valence-electron chi connectivity index (χ4n) is 3.41. The largest absolute Gasteiger partial charge is 0.496 e. The van der Waals surface area contributed by atoms with Gasteiger partial charge in [-0.15, -0.1) is 0 Å². The molecule has 28 heavy (non-hydrogen) atoms. The second-order valence-electron chi connectivity index (χ2n) is 6.65. The second kappa shape index (κ2) is 8.34. The fraction of sp³-hybridized carbons (Fsp3) is 0.421. The molecule has 1 aliphatic heterocycles. The Morgan fingerprint density at radius 2 is 2.18 bits per heavy atom. The first-order valence-electron chi connectivity index (χ1n) is 8.77. The first-order chi connectivity index (χ1) is 13.3. The molecule has 0 N–H and O–H groups in total. The van der Waals surface area contributed by atoms with E-state index in [1.54, 1.807) is 30.5 Å². The van der Waals surface area contributed by atoms with Crippen LogP contribution in [-0.4, -0.2) is 41.0 Å². The lowest BCUT2D eigenvalue weighted by molar-refractivity contribution is -0.141. The topological polar surface area (TPSA) is 55.3 Å². The summed E-state index contributed by atoms with van der Waals surface area (Å²) in [5, 5.41) is -0.505. The highest BCUT2D eigenvalue weighted by Crippen LogP contribution is 2.34. The third-order valence-corrected chi connectivity index (χ3v) is 5.05. The molecule has 1 saturated heterocycles. The minimum absolute atomic E-state index is 0.0538. The van der Waals surface area contributed by atoms with Gasteiger partial charge in [-0.05, 0) is 30.5 Å². The Labute approximate surface area is 165 Å². The van der Waals surface area contributed by atoms with Gasteiger partial charge in [0, 0.05) is 43.2 Å². The smallest absolute Gasteiger partial charge is 0.434 e. The van der Waals surface area contributed by atoms with E-state index < -0.39 is 16.9 Å². The summed E-state index contributed by atoms with van der Waals surface area (Å²) in [5.41, 5.74) is 0.151. The van der Waals surface area contributed by atoms with Crippen LogP contribution in [0.5, 0.6) is 5.75 Å². The number of hydrogen-bond donors (Lipinski definition) is 0. The zero-order chi connectivity index (χ0) is 20.3. The molecule has 0 spiro atoms. The molecule has 0 bridgehead atoms. The number of piperidine rings is 1. The molecule has 1 amide bonds. The molecule has 1 fully saturated rings. The van der Waals surface area contributed by atoms with E-state index in [4.69, 9.17) is 16.3 Å². The van der Waals surface area contributed by atoms with Gasteiger partial charge in [-0.1, -0.05) is 11.6 Å². The maximum absolute atomic E-state index is 12.8. The van der Waals surface area contributed by atoms with Gasteiger partial charge in [0.05, 0.1) is 18.6 Å². The lowest BCUT2D eigenvalue weighted by atomic mass is 9.90. The molecule has 5 nitrogen and oxygen atoms in total. The van der Waals surface area contributed by atoms with Crippen molar-refractivity contribution in [1.82, 2.24) is 14.9 Å². The van der Waals surface area contributed by atoms with Crippen molar-refractivity contribution in [2.75, 3.05) is 20.2 Å². The molecule has 0 aliphatic carbocycles. The van der Waals surface area contributed by atoms with Crippen molar-refractivity contribution in [2.45, 2.75) is 31.4 Å². The van der Waals surface area contributed by atoms with Crippen molar-refractivity contribution in [3.05, 3.63) is 52.6 Å². The molecule has 2 aromatic rings. The van der Waals surface area contributed by atoms with Crippen molar-refractivity contribution >= 4 is 17.5 Å². The number of nitrogens with zero attached hydrogens (tertiary/aromatic N) is 3. The van der Waals surface area contributed by atoms with Gasteiger partial charge in [0.25, 0.3) is 0 Å². The minimum atomic E-state index is -4.62. The third-order valence-electron chi connectivity index (χ3n) is 4.77. The summed E-state index contributed by atoms with van der Waals surface area (Å²) in [4.78, 5) is 21.9. The Kier molecular flexibility index (Phi) is 6.07. The van der Waals surface area contributed by atoms with Gasteiger partial charge in [0.1, 0.15) is 5.75 Å². The van der Waals surface area contributed by atoms with Gasteiger partial charge in [-0.25, -0.2) is 0 Å². The van der Waals surface area contributed by atoms with Crippen LogP contribution in [0.1, 0.15) is 35.6 Å². The van der Waals surface area contributed by atoms with Gasteiger partial charge < -0.3 is 9.64 Å². The molecule has 3 rings (SSSR count). The van der Waals surface area contributed by atoms with Crippen LogP contribution in [-0.2, 0) is 17.4 Å². The standard InChI is InChI=1S/C19H19ClF3N3O2/c1-28-16-4-5-24-10-14(16)13-3-2-6-26(11-13)17(27)8-12-7-15(20)18(25-9-12)19(21,22)23/h4-5,7,9-10,13H,2-3,6,8,11H2,1H3. The molecule has 150 valence electrons. The average Bonchev–Trinajstić information content (AvgIpc) is 2.67. The summed E-state index contributed by atoms with van der Waals surface area (Å²) in [6.07, 6.45) is 1.49. The highest BCUT2D eigenvalue weighted by atomic mass is 35.5. The number of halogens is 4. The van der Waals surface area contributed by atoms with Crippen LogP contribution in [0, 0.1) is 0 Å². The summed E-state index contributed by atoms with van der Waals surface area (Å²) >= 11 is 5.69. The number of rotatable bonds is 4. The fourth-order valence-corrected chi connectivity index (χ4v) is 3.71. The molecule has 0 radical (unpaired) electrons. The summed E-state index contributed by atoms with van der Waals surface area (Å²) in [7, 11) is 1.59. The van der Waals surface area contributed by atoms with Crippen molar-refractivity contribution < 1.29 is 22.7 Å². The molecule has 1 atom stereocenters. The first-order valence-corrected chi connectivity index (χ1v) is 9.14. The highest BCUT2D eigenvalue weighted by molar-refractivity contribution is 6.31. The summed E-state index contributed by atoms with van der Waals surface area (Å²) in [5.74, 6) is 0.647. The van der Waals surface area contributed by atoms with Crippen LogP contribution in [0.25, 0.3) is 0 Å². The lowest BCUT2D eigenvalue weighted by Crippen LogP contribution is -2.40. The number of carbonyl (C=O) groups excluding carboxylic acids is 1. The van der Waals surface area contributed by atoms with Crippen LogP contribution in [0.3, 0.4) is 0 Å². The Morgan fingerprint density at radius 3 is 2.86 bits per heavy atom. The number of likely N-dealkylation sites (tertiary alicyclic amines) is 1. The number of methoxy groups -OCH3 is 1. The summed E-state index contributed by atoms with van der Waals surface area (Å²) < 4.78 is 43.7. The SMILES string of the molecule is COc1ccncc1C1CCCN(C(=O)Cc2cnc(C(F)(F)F)c(Cl)c2)C1. The van der Waals surface area contributed by atoms with Crippen LogP contribution in [0.2, 0.25) is 5.02 Å². The van der Waals surface area contributed by atoms with E-state index in [0.29, 0.717) is 18.7 Å². The maximum atomic E-state index is 12.8. The second-order valence-corrected chi connectivity index (χ2v) is 7.05. The van der Waals surface area contributed by atoms with Crippen molar-refractivity contribution in [2.24, 2.45) is 0 Å². The minimum Gasteiger partial charge on any atom is -0.496 e. The van der Waals surface area contributed by atoms with E-state index in [1.807, 2.05) is 0 Å². The van der Waals surface area contributed by atoms with E-state index in [0.717, 1.165) is 36.4 Å². The summed E-state index contributed by atoms with van der Waals surface area (Å²) in [6.45, 7) is 1.10. The number of hydrogen-bond acceptors (Lipinski definition) is 4. The Hall–Kier alpha value is -2.35. The molecule has 0 saturated carbocycles. The highest BCUT2D eigenvalue weighted by Gasteiger charge is 2.35. The van der Waals surface area contributed by atoms with Gasteiger partial charge >= 0.3 is 6.18 Å². The Bertz CT molecular complexity index is 861. The zero-order valence-electron chi connectivity index (χ0n) is 15.2. The van der Waals surface area contributed by atoms with Gasteiger partial charge in [0.15, 0.2) is 5.69 Å². The van der Waals surface area contributed by atoms with Crippen LogP contribution >= 0.6 is 11.6 Å². The third kappa shape index (κ3) is 4.55. The van der Waals surface area contributed by atoms with E-state index in [2.05, 4.69) is 9.97 Å². The Morgan fingerprint density at radius 1 is 1.39 bits per heavy atom. The monoisotopic (exact) mass is 413 g/mol. The quantitative estimate of drug-likeness (QED) is 0.757. The van der Waals surface area contributed by atoms with E-state index >= 15 is 0 Å². The van der Waals surface area contributed by atoms with Crippen LogP contribution < -0.4 is 4.74 Å². The number of carbonyl (C=O) groups is 1. The number of ether oxygens (including phenoxy) is 1. The molecule has 3 heterocycles. The molecule has 1 aliphatic rings. The molecule has 9 heteroatoms. The van der Waals surface area contributed by atoms with E-state index in [1.165, 1.54) is 0 Å². The van der Waals surface area contributed by atoms with Crippen LogP contribution in [0.4, 0.5) is 13.2 Å². The molecule has 2 aromatic heterocycles. The van der Waals surface area contributed by atoms with E-state index in [-0.39, 0.29) is 18.2 Å². The van der Waals surface area contributed by atoms with Gasteiger partial charge in [0.2, 0.25) is 5.91 Å². The molecule has 1 unspecified atom stereocenters. The van der Waals surface area contributed by atoms with Crippen molar-refractivity contribution in [3.8, 4) is 5.75 Å². The number of amides is 1. The van der Waals surface area contributed by atoms with E-state index in [9.17, 15) is 18.0 Å². The first kappa shape index (κ1) is 20.4. The van der Waals surface area contributed by atoms with Crippen molar-refractivity contribution in [3.63, 3.8) is 0 Å². The number of pyridine rings is 2. The predicted octanol–water partition coefficient (Wildman–Crippen LogP) is 4.11. The predicted molar refractivity (Wildman–Crippen MR) is 97.3 cm³/mol. The zero-order valence-corrected chi connectivity index (χ0v) is 15.9. The normalized spacial score (nSPS) is 17.5. The molecular formula is C19H19ClF3N3O2. The molecular weight excluding hydrogens is 395 g/mol. The van der Waals surface area contributed by atoms with Crippen LogP contribution in [0.15, 0.2) is 30.7 Å². The average molecular weight is 414 g/mol. The summed E-state index contributed by atoms with van der Waals surface area (Å²) in [6, 6.07) is 2.94. The van der Waals surface area contributed by atoms with Crippen molar-refractivity contribution in [1.29, 1.82) is 0 Å². The Balaban J connectivity index is 1.70. The lowest BCUT2D eigenvalue weighted by Gasteiger charge is -2.33.